The molecule has 0 unspecified atom stereocenters. The highest BCUT2D eigenvalue weighted by Gasteiger charge is 2.06. The molecule has 4 nitrogen and oxygen atoms in total. The van der Waals surface area contributed by atoms with Gasteiger partial charge in [0.15, 0.2) is 0 Å². The molecule has 0 aliphatic carbocycles. The zero-order chi connectivity index (χ0) is 11.5. The Kier molecular flexibility index (Phi) is 3.16. The van der Waals surface area contributed by atoms with Gasteiger partial charge in [0.2, 0.25) is 0 Å². The van der Waals surface area contributed by atoms with Crippen molar-refractivity contribution in [3.8, 4) is 16.5 Å². The Balaban J connectivity index is 2.27. The normalized spacial score (nSPS) is 10.6. The lowest BCUT2D eigenvalue weighted by atomic mass is 10.2. The third-order valence-corrected chi connectivity index (χ3v) is 2.94. The van der Waals surface area contributed by atoms with Crippen LogP contribution in [0.25, 0.3) is 11.3 Å². The standard InChI is InChI=1S/C9H6FNO3S2/c10-7-3-1-6(2-4-7)8-5-15-9(11-8)14-16(12)13/h1-5,16H. The van der Waals surface area contributed by atoms with Crippen LogP contribution >= 0.6 is 11.3 Å². The van der Waals surface area contributed by atoms with Crippen LogP contribution in [0.5, 0.6) is 5.19 Å². The highest BCUT2D eigenvalue weighted by molar-refractivity contribution is 7.67. The van der Waals surface area contributed by atoms with Crippen molar-refractivity contribution >= 4 is 22.3 Å². The third-order valence-electron chi connectivity index (χ3n) is 1.78. The minimum atomic E-state index is -2.95. The van der Waals surface area contributed by atoms with Gasteiger partial charge in [-0.05, 0) is 24.3 Å². The van der Waals surface area contributed by atoms with Crippen molar-refractivity contribution in [3.63, 3.8) is 0 Å². The smallest absolute Gasteiger partial charge is 0.301 e. The second-order valence-corrected chi connectivity index (χ2v) is 4.27. The first-order valence-electron chi connectivity index (χ1n) is 4.19. The highest BCUT2D eigenvalue weighted by Crippen LogP contribution is 2.26. The van der Waals surface area contributed by atoms with Crippen LogP contribution in [0.15, 0.2) is 29.6 Å². The summed E-state index contributed by atoms with van der Waals surface area (Å²) in [6, 6.07) is 5.74. The zero-order valence-corrected chi connectivity index (χ0v) is 9.50. The van der Waals surface area contributed by atoms with E-state index in [4.69, 9.17) is 0 Å². The van der Waals surface area contributed by atoms with Gasteiger partial charge in [0.25, 0.3) is 5.19 Å². The molecule has 2 aromatic rings. The number of halogens is 1. The Morgan fingerprint density at radius 2 is 1.94 bits per heavy atom. The molecule has 1 heterocycles. The number of thiol groups is 1. The average Bonchev–Trinajstić information content (AvgIpc) is 2.66. The van der Waals surface area contributed by atoms with Crippen molar-refractivity contribution in [2.24, 2.45) is 0 Å². The average molecular weight is 259 g/mol. The maximum Gasteiger partial charge on any atom is 0.301 e. The van der Waals surface area contributed by atoms with Crippen LogP contribution in [0.1, 0.15) is 0 Å². The summed E-state index contributed by atoms with van der Waals surface area (Å²) in [7, 11) is -2.95. The molecule has 0 aliphatic rings. The Hall–Kier alpha value is -1.47. The summed E-state index contributed by atoms with van der Waals surface area (Å²) in [6.45, 7) is 0. The third kappa shape index (κ3) is 2.56. The first-order valence-corrected chi connectivity index (χ1v) is 6.16. The fourth-order valence-electron chi connectivity index (χ4n) is 1.12. The van der Waals surface area contributed by atoms with Gasteiger partial charge in [0, 0.05) is 10.9 Å². The molecule has 1 aromatic heterocycles. The molecule has 0 radical (unpaired) electrons. The van der Waals surface area contributed by atoms with E-state index in [0.717, 1.165) is 11.3 Å². The molecule has 1 aromatic carbocycles. The summed E-state index contributed by atoms with van der Waals surface area (Å²) in [5.41, 5.74) is 1.26. The monoisotopic (exact) mass is 259 g/mol. The van der Waals surface area contributed by atoms with E-state index in [9.17, 15) is 12.8 Å². The van der Waals surface area contributed by atoms with Crippen LogP contribution in [0, 0.1) is 5.82 Å². The predicted octanol–water partition coefficient (Wildman–Crippen LogP) is 1.85. The molecule has 0 saturated heterocycles. The lowest BCUT2D eigenvalue weighted by molar-refractivity contribution is 0.509. The number of rotatable bonds is 3. The summed E-state index contributed by atoms with van der Waals surface area (Å²) in [6.07, 6.45) is 0. The van der Waals surface area contributed by atoms with Crippen molar-refractivity contribution in [1.82, 2.24) is 4.98 Å². The molecule has 0 atom stereocenters. The van der Waals surface area contributed by atoms with E-state index in [1.807, 2.05) is 0 Å². The van der Waals surface area contributed by atoms with E-state index in [0.29, 0.717) is 11.3 Å². The molecule has 0 spiro atoms. The Bertz CT molecular complexity index is 554. The molecule has 0 saturated carbocycles. The van der Waals surface area contributed by atoms with Crippen LogP contribution in [0.4, 0.5) is 4.39 Å². The van der Waals surface area contributed by atoms with Gasteiger partial charge >= 0.3 is 11.0 Å². The van der Waals surface area contributed by atoms with Gasteiger partial charge in [-0.25, -0.2) is 9.37 Å². The number of hydrogen-bond donors (Lipinski definition) is 1. The quantitative estimate of drug-likeness (QED) is 0.855. The zero-order valence-electron chi connectivity index (χ0n) is 7.79. The van der Waals surface area contributed by atoms with Crippen molar-refractivity contribution in [3.05, 3.63) is 35.5 Å². The van der Waals surface area contributed by atoms with Gasteiger partial charge in [0.1, 0.15) is 5.82 Å². The van der Waals surface area contributed by atoms with Crippen LogP contribution < -0.4 is 4.18 Å². The van der Waals surface area contributed by atoms with Crippen LogP contribution in [0.3, 0.4) is 0 Å². The maximum absolute atomic E-state index is 12.7. The Morgan fingerprint density at radius 1 is 1.25 bits per heavy atom. The van der Waals surface area contributed by atoms with Gasteiger partial charge in [-0.1, -0.05) is 11.3 Å². The molecule has 0 amide bonds. The van der Waals surface area contributed by atoms with Gasteiger partial charge in [0.05, 0.1) is 5.69 Å². The molecule has 0 bridgehead atoms. The second-order valence-electron chi connectivity index (χ2n) is 2.82. The van der Waals surface area contributed by atoms with E-state index in [1.165, 1.54) is 12.1 Å². The van der Waals surface area contributed by atoms with Gasteiger partial charge in [-0.2, -0.15) is 8.42 Å². The lowest BCUT2D eigenvalue weighted by Crippen LogP contribution is -1.88. The maximum atomic E-state index is 12.7. The molecular formula is C9H6FNO3S2. The number of benzene rings is 1. The number of nitrogens with zero attached hydrogens (tertiary/aromatic N) is 1. The number of thiazole rings is 1. The molecule has 84 valence electrons. The molecule has 7 heteroatoms. The van der Waals surface area contributed by atoms with Crippen LogP contribution in [-0.4, -0.2) is 13.4 Å². The minimum Gasteiger partial charge on any atom is -0.353 e. The topological polar surface area (TPSA) is 56.3 Å². The molecule has 16 heavy (non-hydrogen) atoms. The van der Waals surface area contributed by atoms with E-state index in [-0.39, 0.29) is 11.0 Å². The largest absolute Gasteiger partial charge is 0.353 e. The molecule has 0 aliphatic heterocycles. The van der Waals surface area contributed by atoms with Crippen LogP contribution in [0.2, 0.25) is 0 Å². The molecular weight excluding hydrogens is 253 g/mol. The number of aromatic nitrogens is 1. The summed E-state index contributed by atoms with van der Waals surface area (Å²) in [5.74, 6) is -0.335. The summed E-state index contributed by atoms with van der Waals surface area (Å²) in [4.78, 5) is 3.94. The fourth-order valence-corrected chi connectivity index (χ4v) is 2.19. The fraction of sp³-hybridized carbons (Fsp3) is 0. The summed E-state index contributed by atoms with van der Waals surface area (Å²) >= 11 is 1.07. The van der Waals surface area contributed by atoms with Crippen LogP contribution in [-0.2, 0) is 11.0 Å². The van der Waals surface area contributed by atoms with Gasteiger partial charge in [-0.15, -0.1) is 0 Å². The first kappa shape index (κ1) is 11.0. The van der Waals surface area contributed by atoms with E-state index in [2.05, 4.69) is 9.17 Å². The molecule has 2 rings (SSSR count). The lowest BCUT2D eigenvalue weighted by Gasteiger charge is -1.94. The Morgan fingerprint density at radius 3 is 2.56 bits per heavy atom. The van der Waals surface area contributed by atoms with E-state index < -0.39 is 11.0 Å². The SMILES string of the molecule is O=[SH](=O)Oc1nc(-c2ccc(F)cc2)cs1. The molecule has 0 N–H and O–H groups in total. The van der Waals surface area contributed by atoms with Crippen molar-refractivity contribution in [2.75, 3.05) is 0 Å². The van der Waals surface area contributed by atoms with Crippen molar-refractivity contribution < 1.29 is 17.0 Å². The second kappa shape index (κ2) is 4.58. The first-order chi connectivity index (χ1) is 7.65. The van der Waals surface area contributed by atoms with Gasteiger partial charge < -0.3 is 4.18 Å². The van der Waals surface area contributed by atoms with E-state index in [1.54, 1.807) is 17.5 Å². The Labute approximate surface area is 96.5 Å². The van der Waals surface area contributed by atoms with Crippen molar-refractivity contribution in [2.45, 2.75) is 0 Å². The van der Waals surface area contributed by atoms with Crippen molar-refractivity contribution in [1.29, 1.82) is 0 Å². The predicted molar refractivity (Wildman–Crippen MR) is 58.5 cm³/mol. The highest BCUT2D eigenvalue weighted by atomic mass is 32.2. The summed E-state index contributed by atoms with van der Waals surface area (Å²) < 4.78 is 37.7. The summed E-state index contributed by atoms with van der Waals surface area (Å²) in [5, 5.41) is 1.69. The molecule has 0 fully saturated rings. The van der Waals surface area contributed by atoms with Gasteiger partial charge in [-0.3, -0.25) is 0 Å². The minimum absolute atomic E-state index is 0.0513. The van der Waals surface area contributed by atoms with E-state index >= 15 is 0 Å². The number of hydrogen-bond acceptors (Lipinski definition) is 5.